The molecule has 0 spiro atoms. The van der Waals surface area contributed by atoms with Gasteiger partial charge in [-0.25, -0.2) is 4.39 Å². The van der Waals surface area contributed by atoms with Crippen LogP contribution in [-0.4, -0.2) is 11.0 Å². The van der Waals surface area contributed by atoms with Gasteiger partial charge in [0.1, 0.15) is 5.75 Å². The van der Waals surface area contributed by atoms with E-state index in [1.807, 2.05) is 0 Å². The minimum absolute atomic E-state index is 0.0148. The molecule has 20 heavy (non-hydrogen) atoms. The molecule has 0 atom stereocenters. The van der Waals surface area contributed by atoms with Gasteiger partial charge in [-0.1, -0.05) is 22.8 Å². The molecule has 2 aromatic carbocycles. The third-order valence-electron chi connectivity index (χ3n) is 2.47. The molecule has 4 nitrogen and oxygen atoms in total. The predicted molar refractivity (Wildman–Crippen MR) is 78.1 cm³/mol. The summed E-state index contributed by atoms with van der Waals surface area (Å²) in [5, 5.41) is 11.5. The number of nitrogens with zero attached hydrogens (tertiary/aromatic N) is 1. The zero-order valence-electron chi connectivity index (χ0n) is 9.98. The summed E-state index contributed by atoms with van der Waals surface area (Å²) < 4.78 is 19.7. The molecular formula is C13H9BrClFN2O2. The highest BCUT2D eigenvalue weighted by atomic mass is 79.9. The van der Waals surface area contributed by atoms with Gasteiger partial charge in [-0.3, -0.25) is 0 Å². The second kappa shape index (κ2) is 6.11. The fraction of sp³-hybridized carbons (Fsp3) is 0. The molecule has 2 rings (SSSR count). The maximum Gasteiger partial charge on any atom is 0.184 e. The molecule has 0 saturated heterocycles. The quantitative estimate of drug-likeness (QED) is 0.375. The van der Waals surface area contributed by atoms with Crippen LogP contribution in [0.25, 0.3) is 0 Å². The lowest BCUT2D eigenvalue weighted by atomic mass is 10.2. The molecule has 0 heterocycles. The van der Waals surface area contributed by atoms with Crippen LogP contribution in [0.3, 0.4) is 0 Å². The van der Waals surface area contributed by atoms with E-state index in [1.165, 1.54) is 12.1 Å². The van der Waals surface area contributed by atoms with E-state index in [0.29, 0.717) is 15.8 Å². The second-order valence-corrected chi connectivity index (χ2v) is 5.04. The Morgan fingerprint density at radius 2 is 2.10 bits per heavy atom. The van der Waals surface area contributed by atoms with Gasteiger partial charge < -0.3 is 15.7 Å². The number of oxime groups is 1. The first-order valence-corrected chi connectivity index (χ1v) is 6.59. The number of rotatable bonds is 3. The Labute approximate surface area is 127 Å². The van der Waals surface area contributed by atoms with E-state index in [9.17, 15) is 4.39 Å². The lowest BCUT2D eigenvalue weighted by Crippen LogP contribution is -2.13. The molecule has 0 amide bonds. The molecule has 0 aliphatic heterocycles. The zero-order valence-corrected chi connectivity index (χ0v) is 12.3. The van der Waals surface area contributed by atoms with Crippen molar-refractivity contribution in [2.24, 2.45) is 10.9 Å². The van der Waals surface area contributed by atoms with Gasteiger partial charge in [0.15, 0.2) is 17.4 Å². The first kappa shape index (κ1) is 14.6. The highest BCUT2D eigenvalue weighted by molar-refractivity contribution is 9.10. The lowest BCUT2D eigenvalue weighted by molar-refractivity contribution is 0.318. The molecular weight excluding hydrogens is 351 g/mol. The summed E-state index contributed by atoms with van der Waals surface area (Å²) in [7, 11) is 0. The van der Waals surface area contributed by atoms with Gasteiger partial charge in [-0.05, 0) is 46.3 Å². The van der Waals surface area contributed by atoms with Gasteiger partial charge in [0, 0.05) is 10.0 Å². The molecule has 0 aliphatic carbocycles. The van der Waals surface area contributed by atoms with Gasteiger partial charge >= 0.3 is 0 Å². The van der Waals surface area contributed by atoms with Gasteiger partial charge in [-0.15, -0.1) is 0 Å². The smallest absolute Gasteiger partial charge is 0.184 e. The van der Waals surface area contributed by atoms with Crippen molar-refractivity contribution in [2.45, 2.75) is 0 Å². The minimum Gasteiger partial charge on any atom is -0.454 e. The number of benzene rings is 2. The highest BCUT2D eigenvalue weighted by Gasteiger charge is 2.11. The van der Waals surface area contributed by atoms with Crippen LogP contribution < -0.4 is 10.5 Å². The molecule has 104 valence electrons. The molecule has 3 N–H and O–H groups in total. The van der Waals surface area contributed by atoms with Crippen LogP contribution >= 0.6 is 27.5 Å². The average Bonchev–Trinajstić information content (AvgIpc) is 2.43. The third kappa shape index (κ3) is 3.02. The Hall–Kier alpha value is -1.79. The SMILES string of the molecule is N/C(=N/O)c1ccc(Oc2cccc(Cl)c2F)cc1Br. The molecule has 0 aliphatic rings. The average molecular weight is 360 g/mol. The van der Waals surface area contributed by atoms with Crippen molar-refractivity contribution in [3.05, 3.63) is 57.3 Å². The largest absolute Gasteiger partial charge is 0.454 e. The van der Waals surface area contributed by atoms with Crippen LogP contribution in [0, 0.1) is 5.82 Å². The molecule has 7 heteroatoms. The Bertz CT molecular complexity index is 679. The van der Waals surface area contributed by atoms with Crippen LogP contribution in [-0.2, 0) is 0 Å². The maximum absolute atomic E-state index is 13.7. The van der Waals surface area contributed by atoms with Crippen molar-refractivity contribution < 1.29 is 14.3 Å². The fourth-order valence-corrected chi connectivity index (χ4v) is 2.24. The lowest BCUT2D eigenvalue weighted by Gasteiger charge is -2.09. The highest BCUT2D eigenvalue weighted by Crippen LogP contribution is 2.31. The fourth-order valence-electron chi connectivity index (χ4n) is 1.51. The standard InChI is InChI=1S/C13H9BrClFN2O2/c14-9-6-7(4-5-8(9)13(17)18-19)20-11-3-1-2-10(15)12(11)16/h1-6,19H,(H2,17,18). The molecule has 0 radical (unpaired) electrons. The van der Waals surface area contributed by atoms with Crippen molar-refractivity contribution in [1.29, 1.82) is 0 Å². The van der Waals surface area contributed by atoms with E-state index in [2.05, 4.69) is 21.1 Å². The molecule has 2 aromatic rings. The van der Waals surface area contributed by atoms with Crippen molar-refractivity contribution in [2.75, 3.05) is 0 Å². The van der Waals surface area contributed by atoms with Crippen molar-refractivity contribution >= 4 is 33.4 Å². The monoisotopic (exact) mass is 358 g/mol. The van der Waals surface area contributed by atoms with E-state index in [0.717, 1.165) is 0 Å². The van der Waals surface area contributed by atoms with Gasteiger partial charge in [0.25, 0.3) is 0 Å². The Kier molecular flexibility index (Phi) is 4.46. The van der Waals surface area contributed by atoms with Crippen molar-refractivity contribution in [3.8, 4) is 11.5 Å². The van der Waals surface area contributed by atoms with E-state index in [1.54, 1.807) is 24.3 Å². The van der Waals surface area contributed by atoms with E-state index < -0.39 is 5.82 Å². The van der Waals surface area contributed by atoms with Crippen LogP contribution in [0.15, 0.2) is 46.0 Å². The van der Waals surface area contributed by atoms with E-state index in [-0.39, 0.29) is 16.6 Å². The van der Waals surface area contributed by atoms with E-state index >= 15 is 0 Å². The summed E-state index contributed by atoms with van der Waals surface area (Å²) in [5.41, 5.74) is 5.99. The van der Waals surface area contributed by atoms with Crippen LogP contribution in [0.4, 0.5) is 4.39 Å². The Balaban J connectivity index is 2.31. The predicted octanol–water partition coefficient (Wildman–Crippen LogP) is 4.13. The van der Waals surface area contributed by atoms with Crippen molar-refractivity contribution in [3.63, 3.8) is 0 Å². The number of hydrogen-bond donors (Lipinski definition) is 2. The number of nitrogens with two attached hydrogens (primary N) is 1. The van der Waals surface area contributed by atoms with Crippen LogP contribution in [0.5, 0.6) is 11.5 Å². The normalized spacial score (nSPS) is 11.4. The van der Waals surface area contributed by atoms with E-state index in [4.69, 9.17) is 27.3 Å². The van der Waals surface area contributed by atoms with Gasteiger partial charge in [-0.2, -0.15) is 0 Å². The summed E-state index contributed by atoms with van der Waals surface area (Å²) in [4.78, 5) is 0. The molecule has 0 saturated carbocycles. The van der Waals surface area contributed by atoms with Gasteiger partial charge in [0.2, 0.25) is 0 Å². The zero-order chi connectivity index (χ0) is 14.7. The van der Waals surface area contributed by atoms with Crippen LogP contribution in [0.1, 0.15) is 5.56 Å². The van der Waals surface area contributed by atoms with Crippen LogP contribution in [0.2, 0.25) is 5.02 Å². The number of ether oxygens (including phenoxy) is 1. The second-order valence-electron chi connectivity index (χ2n) is 3.78. The third-order valence-corrected chi connectivity index (χ3v) is 3.42. The first-order valence-electron chi connectivity index (χ1n) is 5.42. The van der Waals surface area contributed by atoms with Gasteiger partial charge in [0.05, 0.1) is 5.02 Å². The summed E-state index contributed by atoms with van der Waals surface area (Å²) in [6.07, 6.45) is 0. The summed E-state index contributed by atoms with van der Waals surface area (Å²) in [6, 6.07) is 9.21. The topological polar surface area (TPSA) is 67.8 Å². The minimum atomic E-state index is -0.634. The number of amidine groups is 1. The summed E-state index contributed by atoms with van der Waals surface area (Å²) >= 11 is 8.94. The Morgan fingerprint density at radius 1 is 1.35 bits per heavy atom. The molecule has 0 bridgehead atoms. The van der Waals surface area contributed by atoms with Crippen molar-refractivity contribution in [1.82, 2.24) is 0 Å². The molecule has 0 aromatic heterocycles. The molecule has 0 fully saturated rings. The number of hydrogen-bond acceptors (Lipinski definition) is 3. The Morgan fingerprint density at radius 3 is 2.75 bits per heavy atom. The summed E-state index contributed by atoms with van der Waals surface area (Å²) in [5.74, 6) is -0.281. The summed E-state index contributed by atoms with van der Waals surface area (Å²) in [6.45, 7) is 0. The molecule has 0 unspecified atom stereocenters. The number of halogens is 3. The maximum atomic E-state index is 13.7. The first-order chi connectivity index (χ1) is 9.52.